The van der Waals surface area contributed by atoms with Crippen molar-refractivity contribution >= 4 is 0 Å². The Balaban J connectivity index is 3.78. The molecule has 0 spiro atoms. The number of aliphatic hydroxyl groups is 1. The molecular formula is C8H14O. The minimum absolute atomic E-state index is 0.282. The summed E-state index contributed by atoms with van der Waals surface area (Å²) in [4.78, 5) is 0. The van der Waals surface area contributed by atoms with Crippen LogP contribution in [0.4, 0.5) is 0 Å². The number of allylic oxidation sites excluding steroid dienone is 3. The molecule has 0 saturated carbocycles. The molecule has 1 nitrogen and oxygen atoms in total. The first kappa shape index (κ1) is 8.28. The van der Waals surface area contributed by atoms with Crippen molar-refractivity contribution in [2.75, 3.05) is 0 Å². The van der Waals surface area contributed by atoms with Crippen molar-refractivity contribution in [2.24, 2.45) is 5.92 Å². The highest BCUT2D eigenvalue weighted by Gasteiger charge is 1.91. The Bertz CT molecular complexity index is 114. The summed E-state index contributed by atoms with van der Waals surface area (Å²) in [7, 11) is 0. The summed E-state index contributed by atoms with van der Waals surface area (Å²) in [5.41, 5.74) is 0. The van der Waals surface area contributed by atoms with Gasteiger partial charge in [0.1, 0.15) is 0 Å². The van der Waals surface area contributed by atoms with Gasteiger partial charge in [-0.2, -0.15) is 0 Å². The maximum absolute atomic E-state index is 8.97. The van der Waals surface area contributed by atoms with E-state index in [1.54, 1.807) is 12.2 Å². The largest absolute Gasteiger partial charge is 0.513 e. The van der Waals surface area contributed by atoms with Gasteiger partial charge in [0, 0.05) is 6.42 Å². The lowest BCUT2D eigenvalue weighted by Gasteiger charge is -1.97. The first-order valence-corrected chi connectivity index (χ1v) is 3.23. The van der Waals surface area contributed by atoms with Gasteiger partial charge >= 0.3 is 0 Å². The van der Waals surface area contributed by atoms with Crippen LogP contribution in [0.2, 0.25) is 0 Å². The maximum Gasteiger partial charge on any atom is 0.0885 e. The topological polar surface area (TPSA) is 20.2 Å². The molecule has 0 radical (unpaired) electrons. The van der Waals surface area contributed by atoms with E-state index in [4.69, 9.17) is 5.11 Å². The molecule has 0 rings (SSSR count). The van der Waals surface area contributed by atoms with Crippen LogP contribution in [0.15, 0.2) is 24.5 Å². The van der Waals surface area contributed by atoms with E-state index in [0.29, 0.717) is 12.2 Å². The molecule has 0 saturated heterocycles. The van der Waals surface area contributed by atoms with Gasteiger partial charge < -0.3 is 5.11 Å². The average molecular weight is 126 g/mol. The summed E-state index contributed by atoms with van der Waals surface area (Å²) in [6.07, 6.45) is 4.30. The fourth-order valence-corrected chi connectivity index (χ4v) is 0.489. The van der Waals surface area contributed by atoms with Gasteiger partial charge in [0.05, 0.1) is 5.76 Å². The Kier molecular flexibility index (Phi) is 3.85. The molecule has 1 unspecified atom stereocenters. The second-order valence-electron chi connectivity index (χ2n) is 2.11. The van der Waals surface area contributed by atoms with Crippen LogP contribution in [-0.2, 0) is 0 Å². The van der Waals surface area contributed by atoms with Crippen molar-refractivity contribution in [1.29, 1.82) is 0 Å². The Morgan fingerprint density at radius 1 is 1.78 bits per heavy atom. The average Bonchev–Trinajstić information content (AvgIpc) is 1.87. The van der Waals surface area contributed by atoms with Crippen molar-refractivity contribution in [3.8, 4) is 0 Å². The van der Waals surface area contributed by atoms with Gasteiger partial charge in [-0.15, -0.1) is 6.58 Å². The Morgan fingerprint density at radius 2 is 2.33 bits per heavy atom. The lowest BCUT2D eigenvalue weighted by atomic mass is 10.1. The highest BCUT2D eigenvalue weighted by atomic mass is 16.3. The van der Waals surface area contributed by atoms with Gasteiger partial charge in [-0.05, 0) is 12.0 Å². The van der Waals surface area contributed by atoms with Crippen LogP contribution in [0.3, 0.4) is 0 Å². The minimum Gasteiger partial charge on any atom is -0.513 e. The fourth-order valence-electron chi connectivity index (χ4n) is 0.489. The molecule has 0 heterocycles. The summed E-state index contributed by atoms with van der Waals surface area (Å²) in [5.74, 6) is 0.729. The Hall–Kier alpha value is -0.720. The highest BCUT2D eigenvalue weighted by molar-refractivity contribution is 4.98. The summed E-state index contributed by atoms with van der Waals surface area (Å²) in [5, 5.41) is 8.97. The molecule has 0 aliphatic carbocycles. The highest BCUT2D eigenvalue weighted by Crippen LogP contribution is 2.03. The molecule has 0 aromatic carbocycles. The molecule has 1 heteroatoms. The zero-order valence-electron chi connectivity index (χ0n) is 6.09. The smallest absolute Gasteiger partial charge is 0.0885 e. The third-order valence-corrected chi connectivity index (χ3v) is 1.19. The Morgan fingerprint density at radius 3 is 2.67 bits per heavy atom. The van der Waals surface area contributed by atoms with Gasteiger partial charge in [0.15, 0.2) is 0 Å². The molecule has 0 fully saturated rings. The van der Waals surface area contributed by atoms with E-state index >= 15 is 0 Å². The predicted molar refractivity (Wildman–Crippen MR) is 40.4 cm³/mol. The third-order valence-electron chi connectivity index (χ3n) is 1.19. The van der Waals surface area contributed by atoms with Crippen LogP contribution < -0.4 is 0 Å². The van der Waals surface area contributed by atoms with E-state index < -0.39 is 0 Å². The second-order valence-corrected chi connectivity index (χ2v) is 2.11. The molecule has 0 aliphatic heterocycles. The molecule has 0 aromatic rings. The maximum atomic E-state index is 8.97. The standard InChI is InChI=1S/C8H14O/c1-4-7(3)6-8(9)5-2/h4,6-7,9H,1,5H2,2-3H3/b8-6+. The van der Waals surface area contributed by atoms with Crippen molar-refractivity contribution in [1.82, 2.24) is 0 Å². The van der Waals surface area contributed by atoms with Gasteiger partial charge in [0.25, 0.3) is 0 Å². The van der Waals surface area contributed by atoms with Crippen LogP contribution in [0.5, 0.6) is 0 Å². The number of aliphatic hydroxyl groups excluding tert-OH is 1. The zero-order chi connectivity index (χ0) is 7.28. The van der Waals surface area contributed by atoms with Gasteiger partial charge in [-0.1, -0.05) is 19.9 Å². The van der Waals surface area contributed by atoms with Crippen LogP contribution >= 0.6 is 0 Å². The van der Waals surface area contributed by atoms with E-state index in [2.05, 4.69) is 6.58 Å². The van der Waals surface area contributed by atoms with Crippen LogP contribution in [0.25, 0.3) is 0 Å². The van der Waals surface area contributed by atoms with Crippen LogP contribution in [0.1, 0.15) is 20.3 Å². The molecule has 1 N–H and O–H groups in total. The molecule has 0 aromatic heterocycles. The monoisotopic (exact) mass is 126 g/mol. The molecular weight excluding hydrogens is 112 g/mol. The third kappa shape index (κ3) is 3.83. The van der Waals surface area contributed by atoms with E-state index in [1.807, 2.05) is 13.8 Å². The molecule has 0 amide bonds. The normalized spacial score (nSPS) is 15.1. The summed E-state index contributed by atoms with van der Waals surface area (Å²) < 4.78 is 0. The predicted octanol–water partition coefficient (Wildman–Crippen LogP) is 2.66. The van der Waals surface area contributed by atoms with Crippen LogP contribution in [0, 0.1) is 5.92 Å². The van der Waals surface area contributed by atoms with Crippen molar-refractivity contribution < 1.29 is 5.11 Å². The lowest BCUT2D eigenvalue weighted by Crippen LogP contribution is -1.85. The second kappa shape index (κ2) is 4.19. The SMILES string of the molecule is C=CC(C)/C=C(/O)CC. The first-order valence-electron chi connectivity index (χ1n) is 3.23. The molecule has 9 heavy (non-hydrogen) atoms. The number of rotatable bonds is 3. The van der Waals surface area contributed by atoms with Crippen LogP contribution in [-0.4, -0.2) is 5.11 Å². The Labute approximate surface area is 56.7 Å². The van der Waals surface area contributed by atoms with E-state index in [0.717, 1.165) is 0 Å². The molecule has 1 atom stereocenters. The lowest BCUT2D eigenvalue weighted by molar-refractivity contribution is 0.389. The van der Waals surface area contributed by atoms with Crippen molar-refractivity contribution in [2.45, 2.75) is 20.3 Å². The van der Waals surface area contributed by atoms with E-state index in [9.17, 15) is 0 Å². The van der Waals surface area contributed by atoms with E-state index in [1.165, 1.54) is 0 Å². The van der Waals surface area contributed by atoms with E-state index in [-0.39, 0.29) is 5.92 Å². The summed E-state index contributed by atoms with van der Waals surface area (Å²) >= 11 is 0. The quantitative estimate of drug-likeness (QED) is 0.455. The van der Waals surface area contributed by atoms with Gasteiger partial charge in [-0.25, -0.2) is 0 Å². The van der Waals surface area contributed by atoms with Crippen molar-refractivity contribution in [3.63, 3.8) is 0 Å². The molecule has 0 bridgehead atoms. The fraction of sp³-hybridized carbons (Fsp3) is 0.500. The number of hydrogen-bond acceptors (Lipinski definition) is 1. The summed E-state index contributed by atoms with van der Waals surface area (Å²) in [6, 6.07) is 0. The first-order chi connectivity index (χ1) is 4.20. The van der Waals surface area contributed by atoms with Crippen molar-refractivity contribution in [3.05, 3.63) is 24.5 Å². The molecule has 0 aliphatic rings. The summed E-state index contributed by atoms with van der Waals surface area (Å²) in [6.45, 7) is 7.50. The van der Waals surface area contributed by atoms with Gasteiger partial charge in [-0.3, -0.25) is 0 Å². The molecule has 52 valence electrons. The number of hydrogen-bond donors (Lipinski definition) is 1. The zero-order valence-corrected chi connectivity index (χ0v) is 6.09. The van der Waals surface area contributed by atoms with Gasteiger partial charge in [0.2, 0.25) is 0 Å². The minimum atomic E-state index is 0.282.